The molecule has 1 aromatic carbocycles. The molecule has 3 rings (SSSR count). The normalized spacial score (nSPS) is 17.1. The first kappa shape index (κ1) is 15.2. The van der Waals surface area contributed by atoms with Crippen LogP contribution in [0.4, 0.5) is 5.95 Å². The highest BCUT2D eigenvalue weighted by Gasteiger charge is 2.22. The third-order valence-electron chi connectivity index (χ3n) is 3.74. The number of hydrogen-bond donors (Lipinski definition) is 1. The molecule has 6 heteroatoms. The Morgan fingerprint density at radius 3 is 2.68 bits per heavy atom. The predicted octanol–water partition coefficient (Wildman–Crippen LogP) is 2.62. The minimum atomic E-state index is 0.214. The van der Waals surface area contributed by atoms with E-state index in [2.05, 4.69) is 26.3 Å². The van der Waals surface area contributed by atoms with Gasteiger partial charge >= 0.3 is 0 Å². The summed E-state index contributed by atoms with van der Waals surface area (Å²) in [6.45, 7) is 4.07. The molecular formula is C16H19ClN4O. The molecule has 0 bridgehead atoms. The van der Waals surface area contributed by atoms with Gasteiger partial charge in [0.15, 0.2) is 0 Å². The standard InChI is InChI=1S/C16H19ClN4O/c17-14-4-1-3-13(11-14)15(21-7-9-22-10-8-21)12-20-16-18-5-2-6-19-16/h1-6,11,15H,7-10,12H2,(H,18,19,20)/t15-/m1/s1. The number of anilines is 1. The SMILES string of the molecule is Clc1cccc([C@@H](CNc2ncccn2)N2CCOCC2)c1. The quantitative estimate of drug-likeness (QED) is 0.918. The van der Waals surface area contributed by atoms with Crippen LogP contribution in [-0.2, 0) is 4.74 Å². The molecule has 0 spiro atoms. The molecule has 116 valence electrons. The van der Waals surface area contributed by atoms with Crippen LogP contribution in [-0.4, -0.2) is 47.7 Å². The molecule has 22 heavy (non-hydrogen) atoms. The third-order valence-corrected chi connectivity index (χ3v) is 3.97. The van der Waals surface area contributed by atoms with E-state index in [4.69, 9.17) is 16.3 Å². The van der Waals surface area contributed by atoms with Gasteiger partial charge in [0, 0.05) is 37.1 Å². The summed E-state index contributed by atoms with van der Waals surface area (Å²) in [6.07, 6.45) is 3.47. The molecule has 1 saturated heterocycles. The van der Waals surface area contributed by atoms with Gasteiger partial charge in [0.1, 0.15) is 0 Å². The predicted molar refractivity (Wildman–Crippen MR) is 87.1 cm³/mol. The maximum absolute atomic E-state index is 6.16. The van der Waals surface area contributed by atoms with Crippen molar-refractivity contribution in [1.82, 2.24) is 14.9 Å². The van der Waals surface area contributed by atoms with E-state index >= 15 is 0 Å². The largest absolute Gasteiger partial charge is 0.379 e. The van der Waals surface area contributed by atoms with Crippen molar-refractivity contribution >= 4 is 17.5 Å². The van der Waals surface area contributed by atoms with Crippen molar-refractivity contribution in [3.05, 3.63) is 53.3 Å². The summed E-state index contributed by atoms with van der Waals surface area (Å²) in [5, 5.41) is 4.07. The van der Waals surface area contributed by atoms with Crippen LogP contribution in [0.2, 0.25) is 5.02 Å². The van der Waals surface area contributed by atoms with E-state index in [0.717, 1.165) is 37.9 Å². The first-order chi connectivity index (χ1) is 10.8. The van der Waals surface area contributed by atoms with Crippen LogP contribution in [0, 0.1) is 0 Å². The monoisotopic (exact) mass is 318 g/mol. The molecule has 1 fully saturated rings. The molecule has 1 aliphatic rings. The third kappa shape index (κ3) is 3.94. The highest BCUT2D eigenvalue weighted by molar-refractivity contribution is 6.30. The van der Waals surface area contributed by atoms with Crippen LogP contribution in [0.1, 0.15) is 11.6 Å². The fourth-order valence-corrected chi connectivity index (χ4v) is 2.84. The number of nitrogens with one attached hydrogen (secondary N) is 1. The van der Waals surface area contributed by atoms with Gasteiger partial charge in [0.25, 0.3) is 0 Å². The highest BCUT2D eigenvalue weighted by atomic mass is 35.5. The number of nitrogens with zero attached hydrogens (tertiary/aromatic N) is 3. The molecule has 2 heterocycles. The fourth-order valence-electron chi connectivity index (χ4n) is 2.64. The molecule has 2 aromatic rings. The number of morpholine rings is 1. The summed E-state index contributed by atoms with van der Waals surface area (Å²) in [5.74, 6) is 0.641. The zero-order valence-electron chi connectivity index (χ0n) is 12.3. The first-order valence-electron chi connectivity index (χ1n) is 7.41. The summed E-state index contributed by atoms with van der Waals surface area (Å²) in [7, 11) is 0. The van der Waals surface area contributed by atoms with E-state index < -0.39 is 0 Å². The minimum Gasteiger partial charge on any atom is -0.379 e. The van der Waals surface area contributed by atoms with Crippen molar-refractivity contribution in [2.75, 3.05) is 38.2 Å². The molecule has 1 atom stereocenters. The van der Waals surface area contributed by atoms with Gasteiger partial charge in [0.2, 0.25) is 5.95 Å². The summed E-state index contributed by atoms with van der Waals surface area (Å²) in [6, 6.07) is 10.0. The Morgan fingerprint density at radius 1 is 1.18 bits per heavy atom. The summed E-state index contributed by atoms with van der Waals surface area (Å²) >= 11 is 6.16. The second-order valence-corrected chi connectivity index (χ2v) is 5.61. The van der Waals surface area contributed by atoms with Gasteiger partial charge in [0.05, 0.1) is 19.3 Å². The zero-order chi connectivity index (χ0) is 15.2. The fraction of sp³-hybridized carbons (Fsp3) is 0.375. The number of ether oxygens (including phenoxy) is 1. The lowest BCUT2D eigenvalue weighted by Crippen LogP contribution is -2.41. The lowest BCUT2D eigenvalue weighted by Gasteiger charge is -2.35. The number of rotatable bonds is 5. The second kappa shape index (κ2) is 7.54. The average molecular weight is 319 g/mol. The highest BCUT2D eigenvalue weighted by Crippen LogP contribution is 2.24. The van der Waals surface area contributed by atoms with Crippen molar-refractivity contribution in [2.24, 2.45) is 0 Å². The zero-order valence-corrected chi connectivity index (χ0v) is 13.0. The Labute approximate surface area is 135 Å². The first-order valence-corrected chi connectivity index (χ1v) is 7.79. The van der Waals surface area contributed by atoms with Gasteiger partial charge in [-0.15, -0.1) is 0 Å². The molecular weight excluding hydrogens is 300 g/mol. The smallest absolute Gasteiger partial charge is 0.222 e. The molecule has 1 aromatic heterocycles. The summed E-state index contributed by atoms with van der Waals surface area (Å²) in [4.78, 5) is 10.8. The Bertz CT molecular complexity index is 590. The number of halogens is 1. The summed E-state index contributed by atoms with van der Waals surface area (Å²) < 4.78 is 5.46. The van der Waals surface area contributed by atoms with Crippen molar-refractivity contribution in [2.45, 2.75) is 6.04 Å². The molecule has 0 amide bonds. The maximum atomic E-state index is 6.16. The number of aromatic nitrogens is 2. The van der Waals surface area contributed by atoms with E-state index in [9.17, 15) is 0 Å². The minimum absolute atomic E-state index is 0.214. The van der Waals surface area contributed by atoms with Crippen LogP contribution in [0.3, 0.4) is 0 Å². The Kier molecular flexibility index (Phi) is 5.21. The molecule has 0 radical (unpaired) electrons. The Balaban J connectivity index is 1.76. The maximum Gasteiger partial charge on any atom is 0.222 e. The van der Waals surface area contributed by atoms with Crippen LogP contribution in [0.15, 0.2) is 42.7 Å². The Hall–Kier alpha value is -1.69. The van der Waals surface area contributed by atoms with E-state index in [1.165, 1.54) is 5.56 Å². The van der Waals surface area contributed by atoms with Crippen molar-refractivity contribution in [1.29, 1.82) is 0 Å². The molecule has 0 aliphatic carbocycles. The number of hydrogen-bond acceptors (Lipinski definition) is 5. The molecule has 1 aliphatic heterocycles. The van der Waals surface area contributed by atoms with E-state index in [0.29, 0.717) is 5.95 Å². The van der Waals surface area contributed by atoms with Crippen LogP contribution in [0.5, 0.6) is 0 Å². The summed E-state index contributed by atoms with van der Waals surface area (Å²) in [5.41, 5.74) is 1.19. The topological polar surface area (TPSA) is 50.3 Å². The van der Waals surface area contributed by atoms with Gasteiger partial charge in [-0.3, -0.25) is 4.90 Å². The van der Waals surface area contributed by atoms with Crippen molar-refractivity contribution in [3.8, 4) is 0 Å². The molecule has 1 N–H and O–H groups in total. The van der Waals surface area contributed by atoms with Crippen molar-refractivity contribution < 1.29 is 4.74 Å². The van der Waals surface area contributed by atoms with Gasteiger partial charge in [-0.25, -0.2) is 9.97 Å². The average Bonchev–Trinajstić information content (AvgIpc) is 2.57. The van der Waals surface area contributed by atoms with E-state index in [-0.39, 0.29) is 6.04 Å². The molecule has 0 saturated carbocycles. The van der Waals surface area contributed by atoms with Gasteiger partial charge in [-0.2, -0.15) is 0 Å². The van der Waals surface area contributed by atoms with E-state index in [1.54, 1.807) is 12.4 Å². The lowest BCUT2D eigenvalue weighted by molar-refractivity contribution is 0.0187. The van der Waals surface area contributed by atoms with Crippen LogP contribution in [0.25, 0.3) is 0 Å². The molecule has 5 nitrogen and oxygen atoms in total. The second-order valence-electron chi connectivity index (χ2n) is 5.17. The lowest BCUT2D eigenvalue weighted by atomic mass is 10.0. The number of benzene rings is 1. The van der Waals surface area contributed by atoms with Gasteiger partial charge in [-0.05, 0) is 23.8 Å². The van der Waals surface area contributed by atoms with Gasteiger partial charge < -0.3 is 10.1 Å². The van der Waals surface area contributed by atoms with E-state index in [1.807, 2.05) is 24.3 Å². The Morgan fingerprint density at radius 2 is 1.95 bits per heavy atom. The van der Waals surface area contributed by atoms with Crippen LogP contribution >= 0.6 is 11.6 Å². The van der Waals surface area contributed by atoms with Gasteiger partial charge in [-0.1, -0.05) is 23.7 Å². The van der Waals surface area contributed by atoms with Crippen LogP contribution < -0.4 is 5.32 Å². The van der Waals surface area contributed by atoms with Crippen molar-refractivity contribution in [3.63, 3.8) is 0 Å². The molecule has 0 unspecified atom stereocenters.